The maximum Gasteiger partial charge on any atom is 0.114 e. The zero-order chi connectivity index (χ0) is 9.78. The van der Waals surface area contributed by atoms with Crippen LogP contribution in [0.15, 0.2) is 0 Å². The topological polar surface area (TPSA) is 49.7 Å². The van der Waals surface area contributed by atoms with E-state index >= 15 is 0 Å². The molecule has 0 aliphatic carbocycles. The second-order valence-electron chi connectivity index (χ2n) is 3.28. The average Bonchev–Trinajstić information content (AvgIpc) is 2.04. The summed E-state index contributed by atoms with van der Waals surface area (Å²) in [5.74, 6) is 0. The minimum atomic E-state index is -1.14. The first-order chi connectivity index (χ1) is 5.50. The van der Waals surface area contributed by atoms with Crippen LogP contribution in [0.25, 0.3) is 0 Å². The van der Waals surface area contributed by atoms with Crippen LogP contribution in [0.5, 0.6) is 0 Å². The molecular weight excluding hydrogens is 156 g/mol. The molecule has 74 valence electrons. The summed E-state index contributed by atoms with van der Waals surface area (Å²) in [7, 11) is 1.55. The lowest BCUT2D eigenvalue weighted by Crippen LogP contribution is -2.49. The lowest BCUT2D eigenvalue weighted by atomic mass is 9.89. The highest BCUT2D eigenvalue weighted by Crippen LogP contribution is 2.21. The largest absolute Gasteiger partial charge is 0.390 e. The van der Waals surface area contributed by atoms with E-state index in [1.54, 1.807) is 14.0 Å². The van der Waals surface area contributed by atoms with Crippen LogP contribution in [-0.2, 0) is 4.74 Å². The lowest BCUT2D eigenvalue weighted by Gasteiger charge is -2.34. The van der Waals surface area contributed by atoms with Crippen molar-refractivity contribution in [2.24, 2.45) is 0 Å². The molecule has 0 aliphatic heterocycles. The van der Waals surface area contributed by atoms with Gasteiger partial charge in [0.15, 0.2) is 0 Å². The normalized spacial score (nSPS) is 21.5. The number of methoxy groups -OCH3 is 1. The molecule has 0 saturated heterocycles. The zero-order valence-electron chi connectivity index (χ0n) is 8.37. The highest BCUT2D eigenvalue weighted by atomic mass is 16.5. The summed E-state index contributed by atoms with van der Waals surface area (Å²) in [6.07, 6.45) is 0.211. The van der Waals surface area contributed by atoms with Crippen molar-refractivity contribution in [2.75, 3.05) is 7.11 Å². The molecule has 2 N–H and O–H groups in total. The maximum absolute atomic E-state index is 9.87. The molecular formula is C9H20O3. The minimum absolute atomic E-state index is 0.299. The van der Waals surface area contributed by atoms with Gasteiger partial charge in [0, 0.05) is 7.11 Å². The molecule has 3 heteroatoms. The molecule has 0 heterocycles. The first-order valence-electron chi connectivity index (χ1n) is 4.43. The van der Waals surface area contributed by atoms with Gasteiger partial charge in [0.1, 0.15) is 5.60 Å². The van der Waals surface area contributed by atoms with E-state index < -0.39 is 11.7 Å². The Balaban J connectivity index is 4.33. The number of ether oxygens (including phenoxy) is 1. The number of hydrogen-bond donors (Lipinski definition) is 2. The minimum Gasteiger partial charge on any atom is -0.390 e. The Labute approximate surface area is 74.4 Å². The zero-order valence-corrected chi connectivity index (χ0v) is 8.37. The van der Waals surface area contributed by atoms with Gasteiger partial charge in [-0.15, -0.1) is 0 Å². The van der Waals surface area contributed by atoms with E-state index in [1.165, 1.54) is 0 Å². The third kappa shape index (κ3) is 2.44. The van der Waals surface area contributed by atoms with E-state index in [9.17, 15) is 10.2 Å². The van der Waals surface area contributed by atoms with Crippen LogP contribution in [0.2, 0.25) is 0 Å². The van der Waals surface area contributed by atoms with E-state index in [0.717, 1.165) is 0 Å². The molecule has 3 nitrogen and oxygen atoms in total. The Bertz CT molecular complexity index is 119. The molecule has 12 heavy (non-hydrogen) atoms. The highest BCUT2D eigenvalue weighted by molar-refractivity contribution is 4.88. The average molecular weight is 176 g/mol. The van der Waals surface area contributed by atoms with Crippen molar-refractivity contribution in [3.8, 4) is 0 Å². The van der Waals surface area contributed by atoms with Crippen LogP contribution in [0.1, 0.15) is 33.6 Å². The summed E-state index contributed by atoms with van der Waals surface area (Å²) < 4.78 is 5.08. The molecule has 0 fully saturated rings. The number of aliphatic hydroxyl groups excluding tert-OH is 1. The van der Waals surface area contributed by atoms with Crippen molar-refractivity contribution in [1.82, 2.24) is 0 Å². The summed E-state index contributed by atoms with van der Waals surface area (Å²) in [6, 6.07) is 0. The number of hydrogen-bond acceptors (Lipinski definition) is 3. The molecule has 0 aromatic carbocycles. The van der Waals surface area contributed by atoms with Crippen LogP contribution < -0.4 is 0 Å². The van der Waals surface area contributed by atoms with Crippen molar-refractivity contribution in [3.63, 3.8) is 0 Å². The van der Waals surface area contributed by atoms with Crippen molar-refractivity contribution in [1.29, 1.82) is 0 Å². The van der Waals surface area contributed by atoms with E-state index in [-0.39, 0.29) is 6.10 Å². The summed E-state index contributed by atoms with van der Waals surface area (Å²) in [6.45, 7) is 5.37. The first-order valence-corrected chi connectivity index (χ1v) is 4.43. The van der Waals surface area contributed by atoms with E-state index in [1.807, 2.05) is 13.8 Å². The molecule has 0 spiro atoms. The Hall–Kier alpha value is -0.120. The van der Waals surface area contributed by atoms with Crippen molar-refractivity contribution >= 4 is 0 Å². The monoisotopic (exact) mass is 176 g/mol. The summed E-state index contributed by atoms with van der Waals surface area (Å²) in [5.41, 5.74) is -1.14. The quantitative estimate of drug-likeness (QED) is 0.655. The lowest BCUT2D eigenvalue weighted by molar-refractivity contribution is -0.147. The van der Waals surface area contributed by atoms with Gasteiger partial charge < -0.3 is 14.9 Å². The summed E-state index contributed by atoms with van der Waals surface area (Å²) >= 11 is 0. The Kier molecular flexibility index (Phi) is 4.75. The molecule has 0 aromatic rings. The smallest absolute Gasteiger partial charge is 0.114 e. The van der Waals surface area contributed by atoms with Gasteiger partial charge in [-0.1, -0.05) is 13.8 Å². The highest BCUT2D eigenvalue weighted by Gasteiger charge is 2.36. The summed E-state index contributed by atoms with van der Waals surface area (Å²) in [5, 5.41) is 19.4. The van der Waals surface area contributed by atoms with Gasteiger partial charge >= 0.3 is 0 Å². The van der Waals surface area contributed by atoms with Crippen LogP contribution >= 0.6 is 0 Å². The first kappa shape index (κ1) is 11.9. The van der Waals surface area contributed by atoms with Gasteiger partial charge in [0.2, 0.25) is 0 Å². The number of aliphatic hydroxyl groups is 2. The summed E-state index contributed by atoms with van der Waals surface area (Å²) in [4.78, 5) is 0. The maximum atomic E-state index is 9.87. The Morgan fingerprint density at radius 2 is 1.83 bits per heavy atom. The van der Waals surface area contributed by atoms with Crippen molar-refractivity contribution in [2.45, 2.75) is 51.4 Å². The Morgan fingerprint density at radius 3 is 2.08 bits per heavy atom. The second kappa shape index (κ2) is 4.80. The molecule has 0 bridgehead atoms. The van der Waals surface area contributed by atoms with Crippen LogP contribution in [-0.4, -0.2) is 35.1 Å². The molecule has 0 radical (unpaired) electrons. The van der Waals surface area contributed by atoms with E-state index in [0.29, 0.717) is 12.8 Å². The fourth-order valence-electron chi connectivity index (χ4n) is 1.45. The molecule has 0 aromatic heterocycles. The van der Waals surface area contributed by atoms with Gasteiger partial charge in [-0.2, -0.15) is 0 Å². The third-order valence-corrected chi connectivity index (χ3v) is 2.37. The standard InChI is InChI=1S/C9H20O3/c1-5-7(10)9(3,11)8(6-2)12-4/h7-8,10-11H,5-6H2,1-4H3/t7?,8-,9+/m1/s1. The predicted octanol–water partition coefficient (Wildman–Crippen LogP) is 0.933. The molecule has 1 unspecified atom stereocenters. The van der Waals surface area contributed by atoms with Gasteiger partial charge in [0.05, 0.1) is 12.2 Å². The number of rotatable bonds is 5. The SMILES string of the molecule is CCC(O)[C@](C)(O)[C@@H](CC)OC. The molecule has 0 aliphatic rings. The third-order valence-electron chi connectivity index (χ3n) is 2.37. The van der Waals surface area contributed by atoms with Crippen LogP contribution in [0, 0.1) is 0 Å². The van der Waals surface area contributed by atoms with Gasteiger partial charge in [-0.3, -0.25) is 0 Å². The molecule has 0 amide bonds. The van der Waals surface area contributed by atoms with Gasteiger partial charge in [-0.05, 0) is 19.8 Å². The van der Waals surface area contributed by atoms with Gasteiger partial charge in [0.25, 0.3) is 0 Å². The fraction of sp³-hybridized carbons (Fsp3) is 1.00. The predicted molar refractivity (Wildman–Crippen MR) is 48.0 cm³/mol. The van der Waals surface area contributed by atoms with Crippen molar-refractivity contribution < 1.29 is 14.9 Å². The van der Waals surface area contributed by atoms with Crippen LogP contribution in [0.3, 0.4) is 0 Å². The Morgan fingerprint density at radius 1 is 1.33 bits per heavy atom. The molecule has 0 rings (SSSR count). The molecule has 3 atom stereocenters. The van der Waals surface area contributed by atoms with Gasteiger partial charge in [-0.25, -0.2) is 0 Å². The van der Waals surface area contributed by atoms with E-state index in [4.69, 9.17) is 4.74 Å². The second-order valence-corrected chi connectivity index (χ2v) is 3.28. The fourth-order valence-corrected chi connectivity index (χ4v) is 1.45. The van der Waals surface area contributed by atoms with E-state index in [2.05, 4.69) is 0 Å². The van der Waals surface area contributed by atoms with Crippen LogP contribution in [0.4, 0.5) is 0 Å². The van der Waals surface area contributed by atoms with Crippen molar-refractivity contribution in [3.05, 3.63) is 0 Å². The molecule has 0 saturated carbocycles.